The van der Waals surface area contributed by atoms with Crippen molar-refractivity contribution in [1.82, 2.24) is 20.0 Å². The molecule has 0 amide bonds. The van der Waals surface area contributed by atoms with Gasteiger partial charge in [0.1, 0.15) is 0 Å². The lowest BCUT2D eigenvalue weighted by molar-refractivity contribution is 0.324. The second-order valence-electron chi connectivity index (χ2n) is 5.79. The lowest BCUT2D eigenvalue weighted by Gasteiger charge is -2.16. The van der Waals surface area contributed by atoms with Crippen LogP contribution in [-0.4, -0.2) is 46.9 Å². The Hall–Kier alpha value is -0.870. The van der Waals surface area contributed by atoms with Crippen LogP contribution < -0.4 is 5.32 Å². The van der Waals surface area contributed by atoms with Gasteiger partial charge in [-0.3, -0.25) is 4.68 Å². The van der Waals surface area contributed by atoms with Crippen LogP contribution >= 0.6 is 0 Å². The molecule has 18 heavy (non-hydrogen) atoms. The molecule has 1 aliphatic heterocycles. The van der Waals surface area contributed by atoms with Crippen molar-refractivity contribution >= 4 is 0 Å². The predicted octanol–water partition coefficient (Wildman–Crippen LogP) is 1.28. The van der Waals surface area contributed by atoms with Crippen molar-refractivity contribution < 1.29 is 0 Å². The molecular formula is C14H26N4. The summed E-state index contributed by atoms with van der Waals surface area (Å²) < 4.78 is 1.88. The summed E-state index contributed by atoms with van der Waals surface area (Å²) in [6.45, 7) is 9.28. The van der Waals surface area contributed by atoms with Crippen molar-refractivity contribution in [2.75, 3.05) is 26.2 Å². The maximum absolute atomic E-state index is 4.21. The van der Waals surface area contributed by atoms with Gasteiger partial charge in [-0.25, -0.2) is 0 Å². The van der Waals surface area contributed by atoms with Gasteiger partial charge in [-0.05, 0) is 37.4 Å². The first-order valence-corrected chi connectivity index (χ1v) is 7.06. The van der Waals surface area contributed by atoms with E-state index in [1.54, 1.807) is 0 Å². The van der Waals surface area contributed by atoms with Crippen molar-refractivity contribution in [1.29, 1.82) is 0 Å². The number of hydrogen-bond acceptors (Lipinski definition) is 3. The Kier molecular flexibility index (Phi) is 4.78. The van der Waals surface area contributed by atoms with Crippen LogP contribution in [0, 0.1) is 5.92 Å². The summed E-state index contributed by atoms with van der Waals surface area (Å²) in [5.41, 5.74) is 1.35. The smallest absolute Gasteiger partial charge is 0.0522 e. The molecule has 0 aromatic carbocycles. The third-order valence-corrected chi connectivity index (χ3v) is 3.66. The Morgan fingerprint density at radius 1 is 1.50 bits per heavy atom. The zero-order valence-electron chi connectivity index (χ0n) is 11.9. The molecule has 4 nitrogen and oxygen atoms in total. The lowest BCUT2D eigenvalue weighted by Crippen LogP contribution is -2.31. The van der Waals surface area contributed by atoms with Crippen LogP contribution in [0.25, 0.3) is 0 Å². The molecule has 0 radical (unpaired) electrons. The summed E-state index contributed by atoms with van der Waals surface area (Å²) >= 11 is 0. The van der Waals surface area contributed by atoms with E-state index in [2.05, 4.69) is 35.4 Å². The summed E-state index contributed by atoms with van der Waals surface area (Å²) in [7, 11) is 1.98. The van der Waals surface area contributed by atoms with Gasteiger partial charge in [0.05, 0.1) is 6.20 Å². The fourth-order valence-electron chi connectivity index (χ4n) is 2.57. The van der Waals surface area contributed by atoms with Gasteiger partial charge < -0.3 is 10.2 Å². The van der Waals surface area contributed by atoms with Gasteiger partial charge in [-0.1, -0.05) is 13.8 Å². The monoisotopic (exact) mass is 250 g/mol. The number of likely N-dealkylation sites (tertiary alicyclic amines) is 1. The summed E-state index contributed by atoms with van der Waals surface area (Å²) in [5, 5.41) is 7.76. The van der Waals surface area contributed by atoms with Crippen molar-refractivity contribution in [3.05, 3.63) is 18.0 Å². The van der Waals surface area contributed by atoms with Crippen molar-refractivity contribution in [3.63, 3.8) is 0 Å². The maximum atomic E-state index is 4.21. The second kappa shape index (κ2) is 6.34. The van der Waals surface area contributed by atoms with Gasteiger partial charge in [0.25, 0.3) is 0 Å². The molecule has 0 spiro atoms. The quantitative estimate of drug-likeness (QED) is 0.826. The molecule has 1 N–H and O–H groups in total. The van der Waals surface area contributed by atoms with Crippen LogP contribution in [0.4, 0.5) is 0 Å². The van der Waals surface area contributed by atoms with Crippen LogP contribution in [-0.2, 0) is 13.5 Å². The number of hydrogen-bond donors (Lipinski definition) is 1. The normalized spacial score (nSPS) is 21.0. The average Bonchev–Trinajstić information content (AvgIpc) is 2.93. The summed E-state index contributed by atoms with van der Waals surface area (Å²) in [4.78, 5) is 2.58. The van der Waals surface area contributed by atoms with E-state index in [1.807, 2.05) is 17.9 Å². The molecular weight excluding hydrogens is 224 g/mol. The van der Waals surface area contributed by atoms with Crippen LogP contribution in [0.3, 0.4) is 0 Å². The Morgan fingerprint density at radius 2 is 2.33 bits per heavy atom. The van der Waals surface area contributed by atoms with Crippen LogP contribution in [0.2, 0.25) is 0 Å². The highest BCUT2D eigenvalue weighted by molar-refractivity contribution is 5.04. The standard InChI is InChI=1S/C14H26N4/c1-12(2)15-8-13-4-6-18(11-13)7-5-14-9-16-17(3)10-14/h9-10,12-13,15H,4-8,11H2,1-3H3. The molecule has 1 saturated heterocycles. The molecule has 2 rings (SSSR count). The highest BCUT2D eigenvalue weighted by Crippen LogP contribution is 2.16. The molecule has 0 bridgehead atoms. The SMILES string of the molecule is CC(C)NCC1CCN(CCc2cnn(C)c2)C1. The number of nitrogens with zero attached hydrogens (tertiary/aromatic N) is 3. The van der Waals surface area contributed by atoms with Gasteiger partial charge in [0, 0.05) is 32.4 Å². The first kappa shape index (κ1) is 13.6. The van der Waals surface area contributed by atoms with E-state index >= 15 is 0 Å². The molecule has 0 saturated carbocycles. The molecule has 2 heterocycles. The number of aromatic nitrogens is 2. The Labute approximate surface area is 110 Å². The fraction of sp³-hybridized carbons (Fsp3) is 0.786. The molecule has 1 aromatic rings. The van der Waals surface area contributed by atoms with Crippen LogP contribution in [0.5, 0.6) is 0 Å². The molecule has 102 valence electrons. The minimum atomic E-state index is 0.606. The fourth-order valence-corrected chi connectivity index (χ4v) is 2.57. The highest BCUT2D eigenvalue weighted by Gasteiger charge is 2.21. The summed E-state index contributed by atoms with van der Waals surface area (Å²) in [5.74, 6) is 0.835. The first-order valence-electron chi connectivity index (χ1n) is 7.06. The van der Waals surface area contributed by atoms with Gasteiger partial charge in [-0.15, -0.1) is 0 Å². The van der Waals surface area contributed by atoms with Crippen LogP contribution in [0.15, 0.2) is 12.4 Å². The molecule has 1 aliphatic rings. The van der Waals surface area contributed by atoms with E-state index in [-0.39, 0.29) is 0 Å². The van der Waals surface area contributed by atoms with Crippen molar-refractivity contribution in [2.24, 2.45) is 13.0 Å². The number of aryl methyl sites for hydroxylation is 1. The topological polar surface area (TPSA) is 33.1 Å². The largest absolute Gasteiger partial charge is 0.314 e. The minimum Gasteiger partial charge on any atom is -0.314 e. The van der Waals surface area contributed by atoms with E-state index in [9.17, 15) is 0 Å². The average molecular weight is 250 g/mol. The van der Waals surface area contributed by atoms with Crippen molar-refractivity contribution in [3.8, 4) is 0 Å². The summed E-state index contributed by atoms with van der Waals surface area (Å²) in [6, 6.07) is 0.606. The van der Waals surface area contributed by atoms with Gasteiger partial charge in [-0.2, -0.15) is 5.10 Å². The zero-order valence-corrected chi connectivity index (χ0v) is 11.9. The van der Waals surface area contributed by atoms with E-state index in [0.29, 0.717) is 6.04 Å². The van der Waals surface area contributed by atoms with Gasteiger partial charge in [0.2, 0.25) is 0 Å². The van der Waals surface area contributed by atoms with Crippen molar-refractivity contribution in [2.45, 2.75) is 32.7 Å². The molecule has 1 fully saturated rings. The molecule has 4 heteroatoms. The van der Waals surface area contributed by atoms with E-state index in [0.717, 1.165) is 12.3 Å². The Morgan fingerprint density at radius 3 is 3.00 bits per heavy atom. The molecule has 1 aromatic heterocycles. The number of rotatable bonds is 6. The van der Waals surface area contributed by atoms with E-state index < -0.39 is 0 Å². The van der Waals surface area contributed by atoms with Crippen LogP contribution in [0.1, 0.15) is 25.8 Å². The predicted molar refractivity (Wildman–Crippen MR) is 74.6 cm³/mol. The lowest BCUT2D eigenvalue weighted by atomic mass is 10.1. The number of nitrogens with one attached hydrogen (secondary N) is 1. The van der Waals surface area contributed by atoms with E-state index in [1.165, 1.54) is 38.2 Å². The van der Waals surface area contributed by atoms with Gasteiger partial charge in [0.15, 0.2) is 0 Å². The summed E-state index contributed by atoms with van der Waals surface area (Å²) in [6.07, 6.45) is 6.56. The first-order chi connectivity index (χ1) is 8.63. The Bertz CT molecular complexity index is 358. The third-order valence-electron chi connectivity index (χ3n) is 3.66. The maximum Gasteiger partial charge on any atom is 0.0522 e. The second-order valence-corrected chi connectivity index (χ2v) is 5.79. The van der Waals surface area contributed by atoms with Gasteiger partial charge >= 0.3 is 0 Å². The highest BCUT2D eigenvalue weighted by atomic mass is 15.2. The molecule has 0 aliphatic carbocycles. The third kappa shape index (κ3) is 4.10. The van der Waals surface area contributed by atoms with E-state index in [4.69, 9.17) is 0 Å². The zero-order chi connectivity index (χ0) is 13.0. The molecule has 1 unspecified atom stereocenters. The molecule has 1 atom stereocenters. The minimum absolute atomic E-state index is 0.606. The Balaban J connectivity index is 1.66.